The number of nitrogens with zero attached hydrogens (tertiary/aromatic N) is 1. The molecule has 2 aromatic carbocycles. The Labute approximate surface area is 242 Å². The van der Waals surface area contributed by atoms with Crippen molar-refractivity contribution in [3.05, 3.63) is 59.2 Å². The van der Waals surface area contributed by atoms with Gasteiger partial charge in [0.2, 0.25) is 5.91 Å². The lowest BCUT2D eigenvalue weighted by Gasteiger charge is -2.44. The van der Waals surface area contributed by atoms with Gasteiger partial charge in [0.1, 0.15) is 11.5 Å². The van der Waals surface area contributed by atoms with E-state index in [4.69, 9.17) is 9.47 Å². The Kier molecular flexibility index (Phi) is 12.5. The number of ether oxygens (including phenoxy) is 2. The van der Waals surface area contributed by atoms with Crippen molar-refractivity contribution in [1.82, 2.24) is 10.2 Å². The van der Waals surface area contributed by atoms with Crippen LogP contribution < -0.4 is 10.1 Å². The standard InChI is InChI=1S/C34H52N2O4/c1-25(2)21-28(23-35-5)22-32(37)36-19-12-15-29(24-36)34(38,18-9-10-20-39-6)30-16-11-14-27(4)33(30)40-31-17-8-7-13-26(31)3/h7-8,11,13-14,16-17,25,28-29,35,38H,9-10,12,15,18-24H2,1-6H3/t28-,29-,34+/m1/s1. The van der Waals surface area contributed by atoms with Gasteiger partial charge >= 0.3 is 0 Å². The molecule has 2 aromatic rings. The number of rotatable bonds is 15. The van der Waals surface area contributed by atoms with Crippen molar-refractivity contribution in [2.75, 3.05) is 40.4 Å². The Hall–Kier alpha value is -2.41. The Morgan fingerprint density at radius 1 is 1.12 bits per heavy atom. The van der Waals surface area contributed by atoms with E-state index >= 15 is 0 Å². The normalized spacial score (nSPS) is 18.0. The van der Waals surface area contributed by atoms with Crippen molar-refractivity contribution in [1.29, 1.82) is 0 Å². The topological polar surface area (TPSA) is 71.0 Å². The second-order valence-corrected chi connectivity index (χ2v) is 12.1. The zero-order valence-electron chi connectivity index (χ0n) is 25.7. The number of methoxy groups -OCH3 is 1. The monoisotopic (exact) mass is 552 g/mol. The molecule has 40 heavy (non-hydrogen) atoms. The fourth-order valence-electron chi connectivity index (χ4n) is 6.27. The van der Waals surface area contributed by atoms with E-state index in [9.17, 15) is 9.90 Å². The maximum absolute atomic E-state index is 13.5. The SMILES string of the molecule is CNC[C@@H](CC(=O)N1CCC[C@@H]([C@@](O)(CCCCOC)c2cccc(C)c2Oc2ccccc2C)C1)CC(C)C. The molecule has 6 nitrogen and oxygen atoms in total. The maximum Gasteiger partial charge on any atom is 0.222 e. The molecule has 1 saturated heterocycles. The molecule has 2 N–H and O–H groups in total. The maximum atomic E-state index is 13.5. The quantitative estimate of drug-likeness (QED) is 0.243. The highest BCUT2D eigenvalue weighted by Crippen LogP contribution is 2.46. The number of unbranched alkanes of at least 4 members (excludes halogenated alkanes) is 1. The van der Waals surface area contributed by atoms with Crippen LogP contribution in [-0.4, -0.2) is 56.3 Å². The summed E-state index contributed by atoms with van der Waals surface area (Å²) in [4.78, 5) is 15.6. The Balaban J connectivity index is 1.92. The van der Waals surface area contributed by atoms with Crippen LogP contribution in [0.3, 0.4) is 0 Å². The number of benzene rings is 2. The Morgan fingerprint density at radius 2 is 1.88 bits per heavy atom. The van der Waals surface area contributed by atoms with E-state index in [0.717, 1.165) is 73.4 Å². The van der Waals surface area contributed by atoms with Gasteiger partial charge in [-0.2, -0.15) is 0 Å². The molecule has 3 rings (SSSR count). The van der Waals surface area contributed by atoms with Crippen LogP contribution in [0, 0.1) is 31.6 Å². The zero-order chi connectivity index (χ0) is 29.1. The van der Waals surface area contributed by atoms with Crippen molar-refractivity contribution in [3.8, 4) is 11.5 Å². The van der Waals surface area contributed by atoms with Crippen LogP contribution in [0.4, 0.5) is 0 Å². The third kappa shape index (κ3) is 8.55. The molecule has 1 aliphatic heterocycles. The minimum Gasteiger partial charge on any atom is -0.456 e. The van der Waals surface area contributed by atoms with Crippen LogP contribution in [0.2, 0.25) is 0 Å². The first kappa shape index (κ1) is 32.1. The fourth-order valence-corrected chi connectivity index (χ4v) is 6.27. The molecule has 0 radical (unpaired) electrons. The summed E-state index contributed by atoms with van der Waals surface area (Å²) in [6.07, 6.45) is 5.61. The number of aryl methyl sites for hydroxylation is 2. The molecule has 0 bridgehead atoms. The summed E-state index contributed by atoms with van der Waals surface area (Å²) >= 11 is 0. The Morgan fingerprint density at radius 3 is 2.58 bits per heavy atom. The highest BCUT2D eigenvalue weighted by atomic mass is 16.5. The molecule has 6 heteroatoms. The first-order valence-corrected chi connectivity index (χ1v) is 15.2. The minimum absolute atomic E-state index is 0.0818. The van der Waals surface area contributed by atoms with E-state index < -0.39 is 5.60 Å². The molecular weight excluding hydrogens is 500 g/mol. The van der Waals surface area contributed by atoms with Gasteiger partial charge in [0.05, 0.1) is 5.60 Å². The van der Waals surface area contributed by atoms with Gasteiger partial charge in [-0.3, -0.25) is 4.79 Å². The molecule has 0 spiro atoms. The van der Waals surface area contributed by atoms with E-state index in [2.05, 4.69) is 19.2 Å². The fraction of sp³-hybridized carbons (Fsp3) is 0.618. The van der Waals surface area contributed by atoms with Crippen LogP contribution in [0.25, 0.3) is 0 Å². The molecule has 0 aromatic heterocycles. The number of para-hydroxylation sites is 2. The predicted octanol–water partition coefficient (Wildman–Crippen LogP) is 6.61. The van der Waals surface area contributed by atoms with E-state index in [1.807, 2.05) is 68.3 Å². The molecular formula is C34H52N2O4. The molecule has 222 valence electrons. The van der Waals surface area contributed by atoms with Gasteiger partial charge in [0.15, 0.2) is 0 Å². The number of nitrogens with one attached hydrogen (secondary N) is 1. The van der Waals surface area contributed by atoms with Crippen molar-refractivity contribution in [2.45, 2.75) is 78.2 Å². The summed E-state index contributed by atoms with van der Waals surface area (Å²) in [6, 6.07) is 14.1. The molecule has 1 amide bonds. The summed E-state index contributed by atoms with van der Waals surface area (Å²) < 4.78 is 11.9. The second kappa shape index (κ2) is 15.6. The third-order valence-corrected chi connectivity index (χ3v) is 8.35. The third-order valence-electron chi connectivity index (χ3n) is 8.35. The van der Waals surface area contributed by atoms with Crippen molar-refractivity contribution in [2.24, 2.45) is 17.8 Å². The van der Waals surface area contributed by atoms with Crippen LogP contribution in [0.1, 0.15) is 75.5 Å². The van der Waals surface area contributed by atoms with Gasteiger partial charge in [-0.05, 0) is 95.0 Å². The molecule has 3 atom stereocenters. The number of aliphatic hydroxyl groups is 1. The molecule has 1 aliphatic rings. The Bertz CT molecular complexity index is 1070. The predicted molar refractivity (Wildman–Crippen MR) is 163 cm³/mol. The summed E-state index contributed by atoms with van der Waals surface area (Å²) in [7, 11) is 3.67. The average molecular weight is 553 g/mol. The van der Waals surface area contributed by atoms with Crippen molar-refractivity contribution >= 4 is 5.91 Å². The number of carbonyl (C=O) groups is 1. The van der Waals surface area contributed by atoms with Gasteiger partial charge in [-0.1, -0.05) is 50.2 Å². The van der Waals surface area contributed by atoms with Gasteiger partial charge in [-0.25, -0.2) is 0 Å². The van der Waals surface area contributed by atoms with Gasteiger partial charge in [0.25, 0.3) is 0 Å². The highest BCUT2D eigenvalue weighted by molar-refractivity contribution is 5.76. The molecule has 0 aliphatic carbocycles. The lowest BCUT2D eigenvalue weighted by Crippen LogP contribution is -2.48. The van der Waals surface area contributed by atoms with Crippen LogP contribution in [0.5, 0.6) is 11.5 Å². The summed E-state index contributed by atoms with van der Waals surface area (Å²) in [5, 5.41) is 15.9. The summed E-state index contributed by atoms with van der Waals surface area (Å²) in [6.45, 7) is 11.3. The van der Waals surface area contributed by atoms with Crippen LogP contribution in [-0.2, 0) is 15.1 Å². The first-order valence-electron chi connectivity index (χ1n) is 15.2. The molecule has 0 saturated carbocycles. The highest BCUT2D eigenvalue weighted by Gasteiger charge is 2.43. The van der Waals surface area contributed by atoms with E-state index in [1.54, 1.807) is 7.11 Å². The number of amides is 1. The van der Waals surface area contributed by atoms with Gasteiger partial charge in [-0.15, -0.1) is 0 Å². The van der Waals surface area contributed by atoms with E-state index in [1.165, 1.54) is 0 Å². The summed E-state index contributed by atoms with van der Waals surface area (Å²) in [5.74, 6) is 2.50. The molecule has 1 fully saturated rings. The summed E-state index contributed by atoms with van der Waals surface area (Å²) in [5.41, 5.74) is 1.73. The number of piperidine rings is 1. The molecule has 1 heterocycles. The lowest BCUT2D eigenvalue weighted by atomic mass is 9.73. The van der Waals surface area contributed by atoms with E-state index in [0.29, 0.717) is 37.8 Å². The zero-order valence-corrected chi connectivity index (χ0v) is 25.7. The second-order valence-electron chi connectivity index (χ2n) is 12.1. The largest absolute Gasteiger partial charge is 0.456 e. The lowest BCUT2D eigenvalue weighted by molar-refractivity contribution is -0.138. The van der Waals surface area contributed by atoms with Gasteiger partial charge < -0.3 is 24.8 Å². The van der Waals surface area contributed by atoms with E-state index in [-0.39, 0.29) is 11.8 Å². The van der Waals surface area contributed by atoms with Crippen LogP contribution >= 0.6 is 0 Å². The number of carbonyl (C=O) groups excluding carboxylic acids is 1. The first-order chi connectivity index (χ1) is 19.2. The van der Waals surface area contributed by atoms with Crippen molar-refractivity contribution in [3.63, 3.8) is 0 Å². The number of hydrogen-bond acceptors (Lipinski definition) is 5. The number of likely N-dealkylation sites (tertiary alicyclic amines) is 1. The minimum atomic E-state index is -1.13. The molecule has 0 unspecified atom stereocenters. The smallest absolute Gasteiger partial charge is 0.222 e. The average Bonchev–Trinajstić information content (AvgIpc) is 2.93. The van der Waals surface area contributed by atoms with Crippen LogP contribution in [0.15, 0.2) is 42.5 Å². The van der Waals surface area contributed by atoms with Gasteiger partial charge in [0, 0.05) is 44.7 Å². The van der Waals surface area contributed by atoms with Crippen molar-refractivity contribution < 1.29 is 19.4 Å². The number of hydrogen-bond donors (Lipinski definition) is 2.